The standard InChI is InChI=1S/C20H25N3O3/c1-26-18-13-16-5-2-4-15(16)12-17(18)14-22-10-6-20(7-11-22,19(24)25)23-9-3-8-21-23/h3,8-9,12-13H,2,4-7,10-11,14H2,1H3,(H,24,25). The quantitative estimate of drug-likeness (QED) is 0.892. The number of fused-ring (bicyclic) bond motifs is 1. The van der Waals surface area contributed by atoms with Crippen molar-refractivity contribution >= 4 is 5.97 Å². The second kappa shape index (κ2) is 6.76. The maximum atomic E-state index is 12.0. The summed E-state index contributed by atoms with van der Waals surface area (Å²) in [6.45, 7) is 2.25. The molecule has 0 bridgehead atoms. The molecule has 0 spiro atoms. The zero-order valence-electron chi connectivity index (χ0n) is 15.1. The predicted molar refractivity (Wildman–Crippen MR) is 97.4 cm³/mol. The van der Waals surface area contributed by atoms with Crippen LogP contribution in [0.1, 0.15) is 36.0 Å². The summed E-state index contributed by atoms with van der Waals surface area (Å²) in [4.78, 5) is 14.3. The topological polar surface area (TPSA) is 67.6 Å². The van der Waals surface area contributed by atoms with Gasteiger partial charge in [-0.25, -0.2) is 4.79 Å². The number of nitrogens with zero attached hydrogens (tertiary/aromatic N) is 3. The molecule has 2 aromatic rings. The number of aromatic nitrogens is 2. The van der Waals surface area contributed by atoms with Gasteiger partial charge in [-0.1, -0.05) is 6.07 Å². The van der Waals surface area contributed by atoms with E-state index in [-0.39, 0.29) is 0 Å². The lowest BCUT2D eigenvalue weighted by Crippen LogP contribution is -2.51. The Morgan fingerprint density at radius 3 is 2.62 bits per heavy atom. The van der Waals surface area contributed by atoms with E-state index < -0.39 is 11.5 Å². The van der Waals surface area contributed by atoms with Crippen LogP contribution in [-0.4, -0.2) is 46.0 Å². The van der Waals surface area contributed by atoms with Gasteiger partial charge in [0, 0.05) is 37.6 Å². The summed E-state index contributed by atoms with van der Waals surface area (Å²) >= 11 is 0. The van der Waals surface area contributed by atoms with E-state index in [0.717, 1.165) is 38.2 Å². The minimum atomic E-state index is -0.929. The van der Waals surface area contributed by atoms with Crippen LogP contribution in [0, 0.1) is 0 Å². The van der Waals surface area contributed by atoms with Crippen molar-refractivity contribution in [1.82, 2.24) is 14.7 Å². The van der Waals surface area contributed by atoms with Gasteiger partial charge >= 0.3 is 5.97 Å². The molecular formula is C20H25N3O3. The zero-order chi connectivity index (χ0) is 18.1. The van der Waals surface area contributed by atoms with Gasteiger partial charge in [-0.15, -0.1) is 0 Å². The molecule has 1 fully saturated rings. The largest absolute Gasteiger partial charge is 0.496 e. The summed E-state index contributed by atoms with van der Waals surface area (Å²) in [5, 5.41) is 14.0. The molecule has 0 unspecified atom stereocenters. The summed E-state index contributed by atoms with van der Waals surface area (Å²) in [5.41, 5.74) is 3.12. The van der Waals surface area contributed by atoms with Crippen LogP contribution in [0.4, 0.5) is 0 Å². The number of hydrogen-bond acceptors (Lipinski definition) is 4. The zero-order valence-corrected chi connectivity index (χ0v) is 15.1. The molecule has 1 N–H and O–H groups in total. The summed E-state index contributed by atoms with van der Waals surface area (Å²) in [6, 6.07) is 6.26. The number of hydrogen-bond donors (Lipinski definition) is 1. The fourth-order valence-corrected chi connectivity index (χ4v) is 4.35. The molecule has 0 amide bonds. The summed E-state index contributed by atoms with van der Waals surface area (Å²) in [5.74, 6) is 0.156. The average Bonchev–Trinajstić information content (AvgIpc) is 3.33. The number of carbonyl (C=O) groups is 1. The monoisotopic (exact) mass is 355 g/mol. The van der Waals surface area contributed by atoms with Gasteiger partial charge in [0.2, 0.25) is 0 Å². The molecule has 0 atom stereocenters. The number of benzene rings is 1. The van der Waals surface area contributed by atoms with E-state index in [1.165, 1.54) is 23.1 Å². The fraction of sp³-hybridized carbons (Fsp3) is 0.500. The Kier molecular flexibility index (Phi) is 4.44. The predicted octanol–water partition coefficient (Wildman–Crippen LogP) is 2.46. The number of aryl methyl sites for hydroxylation is 2. The van der Waals surface area contributed by atoms with Crippen LogP contribution >= 0.6 is 0 Å². The summed E-state index contributed by atoms with van der Waals surface area (Å²) < 4.78 is 7.23. The van der Waals surface area contributed by atoms with Crippen molar-refractivity contribution in [2.75, 3.05) is 20.2 Å². The molecule has 26 heavy (non-hydrogen) atoms. The molecule has 2 aliphatic rings. The van der Waals surface area contributed by atoms with Crippen molar-refractivity contribution in [3.05, 3.63) is 47.3 Å². The molecule has 1 aromatic carbocycles. The molecule has 138 valence electrons. The molecule has 1 aromatic heterocycles. The second-order valence-electron chi connectivity index (χ2n) is 7.35. The first-order valence-electron chi connectivity index (χ1n) is 9.27. The Balaban J connectivity index is 1.50. The molecule has 4 rings (SSSR count). The third-order valence-electron chi connectivity index (χ3n) is 5.91. The number of ether oxygens (including phenoxy) is 1. The van der Waals surface area contributed by atoms with Crippen molar-refractivity contribution in [1.29, 1.82) is 0 Å². The van der Waals surface area contributed by atoms with E-state index in [1.54, 1.807) is 30.3 Å². The number of aliphatic carboxylic acids is 1. The van der Waals surface area contributed by atoms with E-state index in [0.29, 0.717) is 12.8 Å². The number of methoxy groups -OCH3 is 1. The van der Waals surface area contributed by atoms with Crippen molar-refractivity contribution in [3.8, 4) is 5.75 Å². The molecule has 6 nitrogen and oxygen atoms in total. The highest BCUT2D eigenvalue weighted by atomic mass is 16.5. The highest BCUT2D eigenvalue weighted by Crippen LogP contribution is 2.34. The lowest BCUT2D eigenvalue weighted by Gasteiger charge is -2.39. The van der Waals surface area contributed by atoms with E-state index >= 15 is 0 Å². The van der Waals surface area contributed by atoms with Crippen molar-refractivity contribution in [3.63, 3.8) is 0 Å². The number of carboxylic acids is 1. The smallest absolute Gasteiger partial charge is 0.331 e. The van der Waals surface area contributed by atoms with Crippen LogP contribution in [0.5, 0.6) is 5.75 Å². The number of likely N-dealkylation sites (tertiary alicyclic amines) is 1. The van der Waals surface area contributed by atoms with Crippen LogP contribution in [0.3, 0.4) is 0 Å². The maximum absolute atomic E-state index is 12.0. The highest BCUT2D eigenvalue weighted by molar-refractivity contribution is 5.76. The minimum absolute atomic E-state index is 0.553. The van der Waals surface area contributed by atoms with E-state index in [2.05, 4.69) is 22.1 Å². The molecule has 0 radical (unpaired) electrons. The maximum Gasteiger partial charge on any atom is 0.331 e. The Morgan fingerprint density at radius 2 is 2.00 bits per heavy atom. The van der Waals surface area contributed by atoms with Crippen molar-refractivity contribution in [2.24, 2.45) is 0 Å². The van der Waals surface area contributed by atoms with Gasteiger partial charge in [-0.2, -0.15) is 5.10 Å². The Morgan fingerprint density at radius 1 is 1.27 bits per heavy atom. The van der Waals surface area contributed by atoms with Crippen LogP contribution in [0.2, 0.25) is 0 Å². The molecule has 0 saturated carbocycles. The van der Waals surface area contributed by atoms with Crippen LogP contribution < -0.4 is 4.74 Å². The molecule has 1 aliphatic carbocycles. The highest BCUT2D eigenvalue weighted by Gasteiger charge is 2.43. The first kappa shape index (κ1) is 17.1. The summed E-state index contributed by atoms with van der Waals surface area (Å²) in [7, 11) is 1.73. The van der Waals surface area contributed by atoms with Gasteiger partial charge < -0.3 is 9.84 Å². The van der Waals surface area contributed by atoms with Crippen molar-refractivity contribution in [2.45, 2.75) is 44.2 Å². The Labute approximate surface area is 153 Å². The molecule has 1 aliphatic heterocycles. The molecule has 1 saturated heterocycles. The van der Waals surface area contributed by atoms with Gasteiger partial charge in [0.1, 0.15) is 5.75 Å². The number of carboxylic acid groups (broad SMARTS) is 1. The lowest BCUT2D eigenvalue weighted by molar-refractivity contribution is -0.151. The second-order valence-corrected chi connectivity index (χ2v) is 7.35. The third kappa shape index (κ3) is 2.88. The molecule has 6 heteroatoms. The first-order chi connectivity index (χ1) is 12.6. The van der Waals surface area contributed by atoms with Gasteiger partial charge in [0.25, 0.3) is 0 Å². The SMILES string of the molecule is COc1cc2c(cc1CN1CCC(C(=O)O)(n3cccn3)CC1)CCC2. The van der Waals surface area contributed by atoms with E-state index in [9.17, 15) is 9.90 Å². The molecular weight excluding hydrogens is 330 g/mol. The van der Waals surface area contributed by atoms with Crippen LogP contribution in [0.15, 0.2) is 30.6 Å². The van der Waals surface area contributed by atoms with E-state index in [4.69, 9.17) is 4.74 Å². The van der Waals surface area contributed by atoms with E-state index in [1.807, 2.05) is 0 Å². The van der Waals surface area contributed by atoms with Gasteiger partial charge in [-0.3, -0.25) is 9.58 Å². The normalized spacial score (nSPS) is 19.3. The Bertz CT molecular complexity index is 793. The van der Waals surface area contributed by atoms with Crippen molar-refractivity contribution < 1.29 is 14.6 Å². The van der Waals surface area contributed by atoms with Gasteiger partial charge in [0.05, 0.1) is 7.11 Å². The Hall–Kier alpha value is -2.34. The van der Waals surface area contributed by atoms with Crippen LogP contribution in [0.25, 0.3) is 0 Å². The lowest BCUT2D eigenvalue weighted by atomic mass is 9.87. The van der Waals surface area contributed by atoms with Gasteiger partial charge in [-0.05, 0) is 55.4 Å². The minimum Gasteiger partial charge on any atom is -0.496 e. The van der Waals surface area contributed by atoms with Crippen LogP contribution in [-0.2, 0) is 29.7 Å². The molecule has 2 heterocycles. The first-order valence-corrected chi connectivity index (χ1v) is 9.27. The van der Waals surface area contributed by atoms with Gasteiger partial charge in [0.15, 0.2) is 5.54 Å². The third-order valence-corrected chi connectivity index (χ3v) is 5.91. The number of piperidine rings is 1. The fourth-order valence-electron chi connectivity index (χ4n) is 4.35. The number of rotatable bonds is 5. The average molecular weight is 355 g/mol. The summed E-state index contributed by atoms with van der Waals surface area (Å²) in [6.07, 6.45) is 8.01.